The van der Waals surface area contributed by atoms with Crippen LogP contribution in [0.1, 0.15) is 24.6 Å². The van der Waals surface area contributed by atoms with Crippen LogP contribution >= 0.6 is 0 Å². The largest absolute Gasteiger partial charge is 0.496 e. The van der Waals surface area contributed by atoms with E-state index in [4.69, 9.17) is 19.4 Å². The van der Waals surface area contributed by atoms with E-state index in [1.807, 2.05) is 37.3 Å². The van der Waals surface area contributed by atoms with Crippen LogP contribution in [0.4, 0.5) is 5.95 Å². The molecule has 0 aliphatic carbocycles. The normalized spacial score (nSPS) is 15.2. The second-order valence-electron chi connectivity index (χ2n) is 7.65. The van der Waals surface area contributed by atoms with Crippen LogP contribution in [0.5, 0.6) is 11.5 Å². The van der Waals surface area contributed by atoms with Crippen molar-refractivity contribution < 1.29 is 9.47 Å². The van der Waals surface area contributed by atoms with Gasteiger partial charge < -0.3 is 14.4 Å². The van der Waals surface area contributed by atoms with Gasteiger partial charge in [0.1, 0.15) is 11.5 Å². The van der Waals surface area contributed by atoms with Crippen molar-refractivity contribution in [1.29, 1.82) is 0 Å². The second kappa shape index (κ2) is 9.30. The molecular weight excluding hydrogens is 376 g/mol. The molecule has 0 bridgehead atoms. The van der Waals surface area contributed by atoms with Crippen LogP contribution in [0.3, 0.4) is 0 Å². The molecule has 0 amide bonds. The average Bonchev–Trinajstić information content (AvgIpc) is 3.00. The molecule has 4 rings (SSSR count). The van der Waals surface area contributed by atoms with Crippen LogP contribution in [-0.4, -0.2) is 54.8 Å². The van der Waals surface area contributed by atoms with Crippen molar-refractivity contribution in [3.05, 3.63) is 53.7 Å². The van der Waals surface area contributed by atoms with Gasteiger partial charge in [0.05, 0.1) is 24.9 Å². The van der Waals surface area contributed by atoms with Crippen LogP contribution in [0, 0.1) is 6.92 Å². The summed E-state index contributed by atoms with van der Waals surface area (Å²) in [5, 5.41) is 1.05. The summed E-state index contributed by atoms with van der Waals surface area (Å²) in [6, 6.07) is 14.3. The van der Waals surface area contributed by atoms with Gasteiger partial charge in [0, 0.05) is 43.7 Å². The Morgan fingerprint density at radius 3 is 2.70 bits per heavy atom. The summed E-state index contributed by atoms with van der Waals surface area (Å²) in [7, 11) is 1.74. The zero-order valence-electron chi connectivity index (χ0n) is 18.1. The topological polar surface area (TPSA) is 50.7 Å². The lowest BCUT2D eigenvalue weighted by atomic mass is 10.2. The van der Waals surface area contributed by atoms with Gasteiger partial charge >= 0.3 is 0 Å². The predicted molar refractivity (Wildman–Crippen MR) is 121 cm³/mol. The molecule has 6 nitrogen and oxygen atoms in total. The summed E-state index contributed by atoms with van der Waals surface area (Å²) < 4.78 is 11.1. The lowest BCUT2D eigenvalue weighted by Crippen LogP contribution is -2.31. The smallest absolute Gasteiger partial charge is 0.226 e. The summed E-state index contributed by atoms with van der Waals surface area (Å²) in [5.74, 6) is 2.65. The molecule has 1 fully saturated rings. The molecule has 30 heavy (non-hydrogen) atoms. The van der Waals surface area contributed by atoms with E-state index in [1.165, 1.54) is 5.56 Å². The number of para-hydroxylation sites is 1. The minimum Gasteiger partial charge on any atom is -0.496 e. The summed E-state index contributed by atoms with van der Waals surface area (Å²) in [6.45, 7) is 9.50. The molecule has 0 radical (unpaired) electrons. The minimum absolute atomic E-state index is 0.655. The van der Waals surface area contributed by atoms with E-state index in [0.717, 1.165) is 73.2 Å². The van der Waals surface area contributed by atoms with Crippen molar-refractivity contribution in [1.82, 2.24) is 14.9 Å². The Labute approximate surface area is 178 Å². The maximum atomic E-state index is 5.63. The summed E-state index contributed by atoms with van der Waals surface area (Å²) in [4.78, 5) is 14.5. The summed E-state index contributed by atoms with van der Waals surface area (Å²) in [5.41, 5.74) is 3.19. The highest BCUT2D eigenvalue weighted by Gasteiger charge is 2.19. The highest BCUT2D eigenvalue weighted by Crippen LogP contribution is 2.25. The van der Waals surface area contributed by atoms with Crippen LogP contribution in [0.15, 0.2) is 42.5 Å². The van der Waals surface area contributed by atoms with Gasteiger partial charge in [-0.05, 0) is 44.5 Å². The highest BCUT2D eigenvalue weighted by atomic mass is 16.5. The Bertz CT molecular complexity index is 1010. The van der Waals surface area contributed by atoms with Crippen LogP contribution < -0.4 is 14.4 Å². The number of methoxy groups -OCH3 is 1. The molecule has 2 aromatic carbocycles. The van der Waals surface area contributed by atoms with E-state index in [-0.39, 0.29) is 0 Å². The van der Waals surface area contributed by atoms with E-state index in [9.17, 15) is 0 Å². The highest BCUT2D eigenvalue weighted by molar-refractivity contribution is 5.83. The molecule has 0 spiro atoms. The number of hydrogen-bond donors (Lipinski definition) is 0. The van der Waals surface area contributed by atoms with Gasteiger partial charge in [-0.3, -0.25) is 4.90 Å². The van der Waals surface area contributed by atoms with Gasteiger partial charge in [0.25, 0.3) is 0 Å². The third-order valence-electron chi connectivity index (χ3n) is 5.61. The van der Waals surface area contributed by atoms with Crippen molar-refractivity contribution in [3.8, 4) is 11.5 Å². The maximum absolute atomic E-state index is 5.63. The molecule has 158 valence electrons. The van der Waals surface area contributed by atoms with Crippen molar-refractivity contribution in [2.45, 2.75) is 26.8 Å². The van der Waals surface area contributed by atoms with Crippen LogP contribution in [0.25, 0.3) is 10.9 Å². The van der Waals surface area contributed by atoms with Gasteiger partial charge in [-0.2, -0.15) is 0 Å². The second-order valence-corrected chi connectivity index (χ2v) is 7.65. The molecule has 3 aromatic rings. The third kappa shape index (κ3) is 4.49. The number of fused-ring (bicyclic) bond motifs is 1. The Balaban J connectivity index is 1.49. The first-order chi connectivity index (χ1) is 14.7. The maximum Gasteiger partial charge on any atom is 0.226 e. The van der Waals surface area contributed by atoms with E-state index in [0.29, 0.717) is 6.61 Å². The van der Waals surface area contributed by atoms with Gasteiger partial charge in [0.15, 0.2) is 0 Å². The number of benzene rings is 2. The fourth-order valence-electron chi connectivity index (χ4n) is 4.05. The molecule has 1 aliphatic rings. The van der Waals surface area contributed by atoms with Crippen molar-refractivity contribution in [2.24, 2.45) is 0 Å². The molecule has 0 atom stereocenters. The molecule has 1 saturated heterocycles. The Hall–Kier alpha value is -2.86. The van der Waals surface area contributed by atoms with Gasteiger partial charge in [-0.1, -0.05) is 18.2 Å². The van der Waals surface area contributed by atoms with Gasteiger partial charge in [0.2, 0.25) is 5.95 Å². The van der Waals surface area contributed by atoms with Crippen LogP contribution in [-0.2, 0) is 6.54 Å². The minimum atomic E-state index is 0.655. The molecular formula is C24H30N4O2. The van der Waals surface area contributed by atoms with Crippen molar-refractivity contribution in [2.75, 3.05) is 44.8 Å². The summed E-state index contributed by atoms with van der Waals surface area (Å²) in [6.07, 6.45) is 1.08. The Morgan fingerprint density at radius 1 is 1.00 bits per heavy atom. The molecule has 1 aromatic heterocycles. The van der Waals surface area contributed by atoms with Crippen molar-refractivity contribution >= 4 is 16.9 Å². The molecule has 6 heteroatoms. The molecule has 1 aliphatic heterocycles. The number of rotatable bonds is 6. The molecule has 2 heterocycles. The average molecular weight is 407 g/mol. The van der Waals surface area contributed by atoms with E-state index < -0.39 is 0 Å². The lowest BCUT2D eigenvalue weighted by Gasteiger charge is -2.23. The number of hydrogen-bond acceptors (Lipinski definition) is 6. The van der Waals surface area contributed by atoms with E-state index in [2.05, 4.69) is 28.9 Å². The van der Waals surface area contributed by atoms with E-state index in [1.54, 1.807) is 7.11 Å². The predicted octanol–water partition coefficient (Wildman–Crippen LogP) is 4.06. The monoisotopic (exact) mass is 406 g/mol. The Kier molecular flexibility index (Phi) is 6.33. The van der Waals surface area contributed by atoms with Crippen LogP contribution in [0.2, 0.25) is 0 Å². The first kappa shape index (κ1) is 20.4. The fraction of sp³-hybridized carbons (Fsp3) is 0.417. The van der Waals surface area contributed by atoms with Gasteiger partial charge in [-0.25, -0.2) is 9.97 Å². The molecule has 0 saturated carbocycles. The molecule has 0 N–H and O–H groups in total. The lowest BCUT2D eigenvalue weighted by molar-refractivity contribution is 0.279. The number of ether oxygens (including phenoxy) is 2. The van der Waals surface area contributed by atoms with Crippen molar-refractivity contribution in [3.63, 3.8) is 0 Å². The zero-order valence-corrected chi connectivity index (χ0v) is 18.1. The van der Waals surface area contributed by atoms with Gasteiger partial charge in [-0.15, -0.1) is 0 Å². The summed E-state index contributed by atoms with van der Waals surface area (Å²) >= 11 is 0. The quantitative estimate of drug-likeness (QED) is 0.615. The Morgan fingerprint density at radius 2 is 1.87 bits per heavy atom. The number of anilines is 1. The molecule has 0 unspecified atom stereocenters. The first-order valence-electron chi connectivity index (χ1n) is 10.7. The number of aryl methyl sites for hydroxylation is 1. The zero-order chi connectivity index (χ0) is 20.9. The fourth-order valence-corrected chi connectivity index (χ4v) is 4.05. The number of aromatic nitrogens is 2. The third-order valence-corrected chi connectivity index (χ3v) is 5.61. The number of nitrogens with zero attached hydrogens (tertiary/aromatic N) is 4. The first-order valence-corrected chi connectivity index (χ1v) is 10.7. The van der Waals surface area contributed by atoms with E-state index >= 15 is 0 Å². The SMILES string of the molecule is CCOc1ccc2nc(N3CCCN(Cc4ccccc4OC)CC3)nc(C)c2c1. The standard InChI is InChI=1S/C24H30N4O2/c1-4-30-20-10-11-22-21(16-20)18(2)25-24(26-22)28-13-7-12-27(14-15-28)17-19-8-5-6-9-23(19)29-3/h5-6,8-11,16H,4,7,12-15,17H2,1-3H3.